The van der Waals surface area contributed by atoms with Crippen molar-refractivity contribution >= 4 is 32.1 Å². The number of halogens is 1. The summed E-state index contributed by atoms with van der Waals surface area (Å²) < 4.78 is 11.7. The molecule has 2 heterocycles. The highest BCUT2D eigenvalue weighted by Crippen LogP contribution is 2.39. The number of nitro benzene ring substituents is 1. The van der Waals surface area contributed by atoms with E-state index in [-0.39, 0.29) is 11.1 Å². The number of aromatic nitrogens is 2. The Balaban J connectivity index is 1.94. The summed E-state index contributed by atoms with van der Waals surface area (Å²) in [7, 11) is -0.954. The van der Waals surface area contributed by atoms with Crippen LogP contribution in [0, 0.1) is 10.1 Å². The molecule has 0 N–H and O–H groups in total. The molecule has 2 aromatic carbocycles. The van der Waals surface area contributed by atoms with Crippen LogP contribution in [0.1, 0.15) is 31.9 Å². The first-order valence-electron chi connectivity index (χ1n) is 12.3. The molecule has 0 atom stereocenters. The third-order valence-corrected chi connectivity index (χ3v) is 7.19. The number of ether oxygens (including phenoxy) is 1. The highest BCUT2D eigenvalue weighted by Gasteiger charge is 2.26. The van der Waals surface area contributed by atoms with Crippen LogP contribution in [0.5, 0.6) is 0 Å². The molecule has 1 aromatic heterocycles. The third-order valence-electron chi connectivity index (χ3n) is 6.16. The van der Waals surface area contributed by atoms with Gasteiger partial charge in [-0.15, -0.1) is 0 Å². The summed E-state index contributed by atoms with van der Waals surface area (Å²) in [5.74, 6) is 1.18. The van der Waals surface area contributed by atoms with E-state index in [1.54, 1.807) is 12.1 Å². The molecule has 10 heteroatoms. The lowest BCUT2D eigenvalue weighted by Crippen LogP contribution is -2.36. The van der Waals surface area contributed by atoms with Crippen molar-refractivity contribution in [3.8, 4) is 22.6 Å². The minimum atomic E-state index is -0.954. The van der Waals surface area contributed by atoms with E-state index in [1.807, 2.05) is 18.2 Å². The van der Waals surface area contributed by atoms with Crippen LogP contribution in [0.2, 0.25) is 18.1 Å². The van der Waals surface area contributed by atoms with Crippen molar-refractivity contribution < 1.29 is 14.1 Å². The van der Waals surface area contributed by atoms with Gasteiger partial charge in [-0.2, -0.15) is 0 Å². The van der Waals surface area contributed by atoms with Crippen molar-refractivity contribution in [2.45, 2.75) is 45.9 Å². The summed E-state index contributed by atoms with van der Waals surface area (Å²) in [6, 6.07) is 12.3. The van der Waals surface area contributed by atoms with Crippen LogP contribution >= 0.6 is 11.6 Å². The van der Waals surface area contributed by atoms with Gasteiger partial charge >= 0.3 is 0 Å². The number of non-ortho nitro benzene ring substituents is 1. The van der Waals surface area contributed by atoms with Gasteiger partial charge in [0.05, 0.1) is 30.4 Å². The zero-order valence-electron chi connectivity index (χ0n) is 21.9. The zero-order chi connectivity index (χ0) is 26.7. The van der Waals surface area contributed by atoms with Gasteiger partial charge in [-0.1, -0.05) is 50.6 Å². The molecule has 1 saturated heterocycles. The second kappa shape index (κ2) is 11.3. The normalized spacial score (nSPS) is 14.3. The van der Waals surface area contributed by atoms with Crippen molar-refractivity contribution in [3.63, 3.8) is 0 Å². The average molecular weight is 540 g/mol. The van der Waals surface area contributed by atoms with E-state index < -0.39 is 14.0 Å². The van der Waals surface area contributed by atoms with E-state index in [2.05, 4.69) is 38.8 Å². The minimum Gasteiger partial charge on any atom is -0.413 e. The molecular weight excluding hydrogens is 508 g/mol. The molecule has 195 valence electrons. The molecule has 0 bridgehead atoms. The van der Waals surface area contributed by atoms with Gasteiger partial charge in [0.15, 0.2) is 5.82 Å². The molecule has 1 fully saturated rings. The summed E-state index contributed by atoms with van der Waals surface area (Å²) in [4.78, 5) is 22.9. The van der Waals surface area contributed by atoms with E-state index >= 15 is 0 Å². The van der Waals surface area contributed by atoms with E-state index in [9.17, 15) is 10.1 Å². The predicted molar refractivity (Wildman–Crippen MR) is 149 cm³/mol. The van der Waals surface area contributed by atoms with Gasteiger partial charge < -0.3 is 14.1 Å². The molecule has 3 aromatic rings. The van der Waals surface area contributed by atoms with Crippen LogP contribution in [0.25, 0.3) is 22.6 Å². The summed E-state index contributed by atoms with van der Waals surface area (Å²) in [6.45, 7) is 13.7. The average Bonchev–Trinajstić information content (AvgIpc) is 2.87. The summed E-state index contributed by atoms with van der Waals surface area (Å²) in [6.07, 6.45) is 0. The Hall–Kier alpha value is -2.85. The lowest BCUT2D eigenvalue weighted by Gasteiger charge is -2.29. The molecule has 1 aliphatic heterocycles. The Kier molecular flexibility index (Phi) is 8.28. The summed E-state index contributed by atoms with van der Waals surface area (Å²) in [5, 5.41) is 12.1. The van der Waals surface area contributed by atoms with Crippen LogP contribution in [0.15, 0.2) is 42.5 Å². The first-order valence-corrected chi connectivity index (χ1v) is 15.0. The third kappa shape index (κ3) is 6.35. The van der Waals surface area contributed by atoms with Crippen molar-refractivity contribution in [1.29, 1.82) is 0 Å². The SMILES string of the molecule is C[Si](C)OCc1c(-c2cc(N3CCOCC3)nc(-c3cccc([N+](=O)[O-])c3)n2)ccc(Cl)c1C(C)(C)C. The van der Waals surface area contributed by atoms with Crippen molar-refractivity contribution in [1.82, 2.24) is 9.97 Å². The maximum Gasteiger partial charge on any atom is 0.270 e. The Bertz CT molecular complexity index is 1290. The Morgan fingerprint density at radius 1 is 1.14 bits per heavy atom. The lowest BCUT2D eigenvalue weighted by molar-refractivity contribution is -0.384. The fourth-order valence-corrected chi connectivity index (χ4v) is 5.34. The second-order valence-electron chi connectivity index (χ2n) is 10.2. The molecule has 1 aliphatic rings. The highest BCUT2D eigenvalue weighted by atomic mass is 35.5. The fourth-order valence-electron chi connectivity index (χ4n) is 4.45. The molecule has 0 saturated carbocycles. The molecule has 0 unspecified atom stereocenters. The van der Waals surface area contributed by atoms with Crippen molar-refractivity contribution in [2.24, 2.45) is 0 Å². The van der Waals surface area contributed by atoms with E-state index in [0.29, 0.717) is 49.3 Å². The van der Waals surface area contributed by atoms with Gasteiger partial charge in [0, 0.05) is 47.4 Å². The quantitative estimate of drug-likeness (QED) is 0.198. The first kappa shape index (κ1) is 27.2. The molecular formula is C27H32ClN4O4Si. The molecule has 8 nitrogen and oxygen atoms in total. The van der Waals surface area contributed by atoms with Gasteiger partial charge in [-0.05, 0) is 35.7 Å². The Morgan fingerprint density at radius 3 is 2.51 bits per heavy atom. The van der Waals surface area contributed by atoms with Crippen molar-refractivity contribution in [2.75, 3.05) is 31.2 Å². The zero-order valence-corrected chi connectivity index (χ0v) is 23.6. The van der Waals surface area contributed by atoms with E-state index in [4.69, 9.17) is 30.7 Å². The molecule has 0 amide bonds. The minimum absolute atomic E-state index is 0.00408. The number of hydrogen-bond acceptors (Lipinski definition) is 7. The standard InChI is InChI=1S/C27H32ClN4O4Si/c1-27(2,3)25-21(17-36-37(4)5)20(9-10-22(25)28)23-16-24(31-11-13-35-14-12-31)30-26(29-23)18-7-6-8-19(15-18)32(33)34/h6-10,15-16H,11-14,17H2,1-5H3. The van der Waals surface area contributed by atoms with Crippen LogP contribution in [0.4, 0.5) is 11.5 Å². The summed E-state index contributed by atoms with van der Waals surface area (Å²) in [5.41, 5.74) is 4.03. The fraction of sp³-hybridized carbons (Fsp3) is 0.407. The van der Waals surface area contributed by atoms with Crippen LogP contribution in [-0.2, 0) is 21.2 Å². The number of anilines is 1. The lowest BCUT2D eigenvalue weighted by atomic mass is 9.81. The number of nitro groups is 1. The van der Waals surface area contributed by atoms with E-state index in [0.717, 1.165) is 28.2 Å². The Morgan fingerprint density at radius 2 is 1.86 bits per heavy atom. The molecule has 37 heavy (non-hydrogen) atoms. The molecule has 0 aliphatic carbocycles. The van der Waals surface area contributed by atoms with Gasteiger partial charge in [0.1, 0.15) is 5.82 Å². The van der Waals surface area contributed by atoms with Crippen LogP contribution in [0.3, 0.4) is 0 Å². The number of rotatable bonds is 7. The largest absolute Gasteiger partial charge is 0.413 e. The maximum atomic E-state index is 11.4. The monoisotopic (exact) mass is 539 g/mol. The first-order chi connectivity index (χ1) is 17.5. The number of morpholine rings is 1. The summed E-state index contributed by atoms with van der Waals surface area (Å²) >= 11 is 6.75. The van der Waals surface area contributed by atoms with Gasteiger partial charge in [-0.25, -0.2) is 9.97 Å². The van der Waals surface area contributed by atoms with E-state index in [1.165, 1.54) is 12.1 Å². The number of benzene rings is 2. The van der Waals surface area contributed by atoms with Gasteiger partial charge in [0.25, 0.3) is 5.69 Å². The molecule has 0 spiro atoms. The van der Waals surface area contributed by atoms with Crippen molar-refractivity contribution in [3.05, 3.63) is 68.7 Å². The highest BCUT2D eigenvalue weighted by molar-refractivity contribution is 6.48. The maximum absolute atomic E-state index is 11.4. The second-order valence-corrected chi connectivity index (χ2v) is 12.7. The number of nitrogens with zero attached hydrogens (tertiary/aromatic N) is 4. The predicted octanol–water partition coefficient (Wildman–Crippen LogP) is 6.27. The topological polar surface area (TPSA) is 90.6 Å². The number of hydrogen-bond donors (Lipinski definition) is 0. The molecule has 4 rings (SSSR count). The van der Waals surface area contributed by atoms with Crippen LogP contribution in [-0.4, -0.2) is 50.2 Å². The van der Waals surface area contributed by atoms with Gasteiger partial charge in [0.2, 0.25) is 9.04 Å². The molecule has 1 radical (unpaired) electrons. The Labute approximate surface area is 224 Å². The van der Waals surface area contributed by atoms with Gasteiger partial charge in [-0.3, -0.25) is 10.1 Å². The smallest absolute Gasteiger partial charge is 0.270 e. The van der Waals surface area contributed by atoms with Crippen LogP contribution < -0.4 is 4.90 Å².